The number of carbonyl (C=O) groups is 1. The monoisotopic (exact) mass is 354 g/mol. The molecule has 3 rings (SSSR count). The number of carbonyl (C=O) groups excluding carboxylic acids is 1. The first-order valence-electron chi connectivity index (χ1n) is 7.97. The number of thioether (sulfide) groups is 1. The van der Waals surface area contributed by atoms with Gasteiger partial charge >= 0.3 is 0 Å². The van der Waals surface area contributed by atoms with E-state index in [0.29, 0.717) is 29.7 Å². The van der Waals surface area contributed by atoms with Crippen molar-refractivity contribution in [1.82, 2.24) is 20.3 Å². The number of fused-ring (bicyclic) bond motifs is 1. The summed E-state index contributed by atoms with van der Waals surface area (Å²) >= 11 is 1.41. The molecule has 128 valence electrons. The number of hydrogen-bond donors (Lipinski definition) is 2. The summed E-state index contributed by atoms with van der Waals surface area (Å²) in [5, 5.41) is 3.99. The van der Waals surface area contributed by atoms with Gasteiger partial charge in [0, 0.05) is 19.2 Å². The molecule has 0 radical (unpaired) electrons. The van der Waals surface area contributed by atoms with Crippen LogP contribution in [0.25, 0.3) is 10.9 Å². The largest absolute Gasteiger partial charge is 0.355 e. The average Bonchev–Trinajstić information content (AvgIpc) is 2.62. The van der Waals surface area contributed by atoms with Crippen LogP contribution in [0.15, 0.2) is 58.5 Å². The molecule has 0 spiro atoms. The third kappa shape index (κ3) is 4.45. The Kier molecular flexibility index (Phi) is 5.45. The van der Waals surface area contributed by atoms with Crippen LogP contribution in [0.4, 0.5) is 0 Å². The number of aromatic nitrogens is 3. The summed E-state index contributed by atoms with van der Waals surface area (Å²) in [5.74, 6) is 0.493. The van der Waals surface area contributed by atoms with Crippen LogP contribution >= 0.6 is 11.8 Å². The van der Waals surface area contributed by atoms with Gasteiger partial charge in [0.2, 0.25) is 5.91 Å². The van der Waals surface area contributed by atoms with Gasteiger partial charge in [-0.25, -0.2) is 9.97 Å². The SMILES string of the molecule is CC(Sc1ccccn1)C(=O)NCCc1nc2ccccc2c(=O)[nH]1. The number of benzene rings is 1. The predicted octanol–water partition coefficient (Wildman–Crippen LogP) is 2.16. The molecular formula is C18H18N4O2S. The predicted molar refractivity (Wildman–Crippen MR) is 98.6 cm³/mol. The first-order valence-corrected chi connectivity index (χ1v) is 8.85. The second-order valence-electron chi connectivity index (χ2n) is 5.50. The van der Waals surface area contributed by atoms with Crippen LogP contribution in [-0.2, 0) is 11.2 Å². The van der Waals surface area contributed by atoms with Crippen molar-refractivity contribution >= 4 is 28.6 Å². The number of H-pyrrole nitrogens is 1. The fraction of sp³-hybridized carbons (Fsp3) is 0.222. The summed E-state index contributed by atoms with van der Waals surface area (Å²) in [7, 11) is 0. The maximum Gasteiger partial charge on any atom is 0.258 e. The summed E-state index contributed by atoms with van der Waals surface area (Å²) in [5.41, 5.74) is 0.498. The van der Waals surface area contributed by atoms with E-state index in [1.54, 1.807) is 24.4 Å². The van der Waals surface area contributed by atoms with Gasteiger partial charge in [0.1, 0.15) is 5.82 Å². The first-order chi connectivity index (χ1) is 12.1. The molecule has 25 heavy (non-hydrogen) atoms. The number of hydrogen-bond acceptors (Lipinski definition) is 5. The Morgan fingerprint density at radius 3 is 2.84 bits per heavy atom. The highest BCUT2D eigenvalue weighted by Crippen LogP contribution is 2.20. The lowest BCUT2D eigenvalue weighted by atomic mass is 10.2. The Morgan fingerprint density at radius 2 is 2.04 bits per heavy atom. The molecule has 1 atom stereocenters. The molecule has 0 bridgehead atoms. The van der Waals surface area contributed by atoms with Crippen LogP contribution in [0.2, 0.25) is 0 Å². The van der Waals surface area contributed by atoms with Crippen molar-refractivity contribution in [3.63, 3.8) is 0 Å². The van der Waals surface area contributed by atoms with Gasteiger partial charge in [0.25, 0.3) is 5.56 Å². The Morgan fingerprint density at radius 1 is 1.24 bits per heavy atom. The maximum absolute atomic E-state index is 12.2. The van der Waals surface area contributed by atoms with Gasteiger partial charge in [-0.15, -0.1) is 0 Å². The summed E-state index contributed by atoms with van der Waals surface area (Å²) < 4.78 is 0. The van der Waals surface area contributed by atoms with Crippen LogP contribution in [0.5, 0.6) is 0 Å². The van der Waals surface area contributed by atoms with E-state index in [2.05, 4.69) is 20.3 Å². The Labute approximate surface area is 149 Å². The molecule has 0 saturated heterocycles. The van der Waals surface area contributed by atoms with Gasteiger partial charge < -0.3 is 10.3 Å². The van der Waals surface area contributed by atoms with Crippen molar-refractivity contribution in [3.05, 3.63) is 64.8 Å². The molecule has 0 aliphatic rings. The van der Waals surface area contributed by atoms with E-state index in [4.69, 9.17) is 0 Å². The lowest BCUT2D eigenvalue weighted by Crippen LogP contribution is -2.33. The van der Waals surface area contributed by atoms with Gasteiger partial charge in [-0.3, -0.25) is 9.59 Å². The fourth-order valence-electron chi connectivity index (χ4n) is 2.35. The zero-order chi connectivity index (χ0) is 17.6. The zero-order valence-electron chi connectivity index (χ0n) is 13.7. The van der Waals surface area contributed by atoms with Gasteiger partial charge in [0.15, 0.2) is 0 Å². The molecule has 1 amide bonds. The maximum atomic E-state index is 12.2. The third-order valence-electron chi connectivity index (χ3n) is 3.63. The molecule has 2 aromatic heterocycles. The van der Waals surface area contributed by atoms with E-state index in [0.717, 1.165) is 5.03 Å². The zero-order valence-corrected chi connectivity index (χ0v) is 14.5. The van der Waals surface area contributed by atoms with Gasteiger partial charge in [-0.2, -0.15) is 0 Å². The molecule has 7 heteroatoms. The molecule has 1 unspecified atom stereocenters. The van der Waals surface area contributed by atoms with Gasteiger partial charge in [-0.1, -0.05) is 30.0 Å². The molecule has 0 aliphatic heterocycles. The Bertz CT molecular complexity index is 927. The van der Waals surface area contributed by atoms with Crippen LogP contribution in [0, 0.1) is 0 Å². The third-order valence-corrected chi connectivity index (χ3v) is 4.68. The highest BCUT2D eigenvalue weighted by molar-refractivity contribution is 8.00. The lowest BCUT2D eigenvalue weighted by molar-refractivity contribution is -0.120. The molecule has 1 aromatic carbocycles. The fourth-order valence-corrected chi connectivity index (χ4v) is 3.18. The molecule has 3 aromatic rings. The quantitative estimate of drug-likeness (QED) is 0.662. The van der Waals surface area contributed by atoms with Crippen molar-refractivity contribution in [1.29, 1.82) is 0 Å². The number of amides is 1. The van der Waals surface area contributed by atoms with E-state index in [9.17, 15) is 9.59 Å². The van der Waals surface area contributed by atoms with Crippen LogP contribution in [0.3, 0.4) is 0 Å². The van der Waals surface area contributed by atoms with Crippen molar-refractivity contribution in [2.45, 2.75) is 23.6 Å². The molecule has 2 N–H and O–H groups in total. The van der Waals surface area contributed by atoms with Crippen molar-refractivity contribution in [2.24, 2.45) is 0 Å². The average molecular weight is 354 g/mol. The minimum atomic E-state index is -0.251. The number of aromatic amines is 1. The second kappa shape index (κ2) is 7.94. The molecule has 0 aliphatic carbocycles. The topological polar surface area (TPSA) is 87.7 Å². The molecule has 0 saturated carbocycles. The van der Waals surface area contributed by atoms with Crippen LogP contribution < -0.4 is 10.9 Å². The standard InChI is InChI=1S/C18H18N4O2S/c1-12(25-16-8-4-5-10-19-16)17(23)20-11-9-15-21-14-7-3-2-6-13(14)18(24)22-15/h2-8,10,12H,9,11H2,1H3,(H,20,23)(H,21,22,24). The minimum Gasteiger partial charge on any atom is -0.355 e. The van der Waals surface area contributed by atoms with Crippen LogP contribution in [-0.4, -0.2) is 32.7 Å². The highest BCUT2D eigenvalue weighted by atomic mass is 32.2. The number of nitrogens with zero attached hydrogens (tertiary/aromatic N) is 2. The van der Waals surface area contributed by atoms with Crippen LogP contribution in [0.1, 0.15) is 12.7 Å². The summed E-state index contributed by atoms with van der Waals surface area (Å²) in [6, 6.07) is 12.8. The summed E-state index contributed by atoms with van der Waals surface area (Å²) in [4.78, 5) is 35.6. The van der Waals surface area contributed by atoms with E-state index in [1.165, 1.54) is 11.8 Å². The van der Waals surface area contributed by atoms with Gasteiger partial charge in [0.05, 0.1) is 21.2 Å². The summed E-state index contributed by atoms with van der Waals surface area (Å²) in [6.45, 7) is 2.25. The number of nitrogens with one attached hydrogen (secondary N) is 2. The second-order valence-corrected chi connectivity index (χ2v) is 6.86. The molecule has 2 heterocycles. The van der Waals surface area contributed by atoms with E-state index in [-0.39, 0.29) is 16.7 Å². The Balaban J connectivity index is 1.55. The minimum absolute atomic E-state index is 0.0706. The molecule has 0 fully saturated rings. The van der Waals surface area contributed by atoms with Gasteiger partial charge in [-0.05, 0) is 31.2 Å². The number of para-hydroxylation sites is 1. The molecule has 6 nitrogen and oxygen atoms in total. The van der Waals surface area contributed by atoms with E-state index in [1.807, 2.05) is 31.2 Å². The molecular weight excluding hydrogens is 336 g/mol. The normalized spacial score (nSPS) is 12.0. The first kappa shape index (κ1) is 17.2. The highest BCUT2D eigenvalue weighted by Gasteiger charge is 2.14. The van der Waals surface area contributed by atoms with Crippen molar-refractivity contribution in [2.75, 3.05) is 6.54 Å². The smallest absolute Gasteiger partial charge is 0.258 e. The van der Waals surface area contributed by atoms with Crippen molar-refractivity contribution in [3.8, 4) is 0 Å². The summed E-state index contributed by atoms with van der Waals surface area (Å²) in [6.07, 6.45) is 2.17. The lowest BCUT2D eigenvalue weighted by Gasteiger charge is -2.11. The number of rotatable bonds is 6. The van der Waals surface area contributed by atoms with E-state index < -0.39 is 0 Å². The van der Waals surface area contributed by atoms with E-state index >= 15 is 0 Å². The van der Waals surface area contributed by atoms with Crippen molar-refractivity contribution < 1.29 is 4.79 Å². The number of pyridine rings is 1. The Hall–Kier alpha value is -2.67.